The molecule has 2 aromatic rings. The monoisotopic (exact) mass is 317 g/mol. The summed E-state index contributed by atoms with van der Waals surface area (Å²) in [6.07, 6.45) is 0. The first-order valence-corrected chi connectivity index (χ1v) is 8.22. The van der Waals surface area contributed by atoms with Gasteiger partial charge in [-0.2, -0.15) is 0 Å². The number of benzene rings is 1. The third-order valence-electron chi connectivity index (χ3n) is 2.85. The Balaban J connectivity index is 2.31. The number of nitrogens with one attached hydrogen (secondary N) is 1. The molecule has 0 radical (unpaired) electrons. The van der Waals surface area contributed by atoms with E-state index in [2.05, 4.69) is 4.72 Å². The summed E-state index contributed by atoms with van der Waals surface area (Å²) in [5, 5.41) is 0.404. The summed E-state index contributed by atoms with van der Waals surface area (Å²) in [4.78, 5) is 0.447. The number of hydrogen-bond donors (Lipinski definition) is 1. The molecule has 0 spiro atoms. The van der Waals surface area contributed by atoms with Crippen LogP contribution in [-0.2, 0) is 11.4 Å². The van der Waals surface area contributed by atoms with Gasteiger partial charge in [0.05, 0.1) is 10.9 Å². The normalized spacial score (nSPS) is 15.6. The maximum atomic E-state index is 14.3. The number of fused-ring (bicyclic) bond motifs is 1. The molecule has 0 saturated carbocycles. The van der Waals surface area contributed by atoms with Gasteiger partial charge >= 0.3 is 0 Å². The number of halogens is 2. The molecule has 2 nitrogen and oxygen atoms in total. The molecular weight excluding hydrogens is 300 g/mol. The SMILES string of the molecule is C[C@@H](N[S@@+]([O-])C(C)(C)C)c1sc2cc(F)ccc2c1F. The van der Waals surface area contributed by atoms with E-state index >= 15 is 0 Å². The van der Waals surface area contributed by atoms with E-state index in [1.807, 2.05) is 20.8 Å². The van der Waals surface area contributed by atoms with Crippen molar-refractivity contribution in [2.24, 2.45) is 0 Å². The summed E-state index contributed by atoms with van der Waals surface area (Å²) in [6, 6.07) is 3.61. The zero-order valence-corrected chi connectivity index (χ0v) is 13.4. The molecule has 0 amide bonds. The highest BCUT2D eigenvalue weighted by Gasteiger charge is 2.30. The van der Waals surface area contributed by atoms with Gasteiger partial charge in [0, 0.05) is 21.4 Å². The second-order valence-corrected chi connectivity index (χ2v) is 8.72. The van der Waals surface area contributed by atoms with Crippen LogP contribution in [0.4, 0.5) is 8.78 Å². The van der Waals surface area contributed by atoms with Gasteiger partial charge in [0.15, 0.2) is 0 Å². The van der Waals surface area contributed by atoms with E-state index < -0.39 is 22.2 Å². The van der Waals surface area contributed by atoms with Crippen molar-refractivity contribution in [1.82, 2.24) is 4.72 Å². The molecule has 1 aromatic carbocycles. The molecule has 6 heteroatoms. The molecule has 0 aliphatic carbocycles. The van der Waals surface area contributed by atoms with E-state index in [1.54, 1.807) is 6.92 Å². The van der Waals surface area contributed by atoms with Gasteiger partial charge in [-0.25, -0.2) is 8.78 Å². The molecule has 20 heavy (non-hydrogen) atoms. The summed E-state index contributed by atoms with van der Waals surface area (Å²) in [5.74, 6) is -0.750. The molecule has 2 atom stereocenters. The fraction of sp³-hybridized carbons (Fsp3) is 0.429. The van der Waals surface area contributed by atoms with Gasteiger partial charge in [-0.3, -0.25) is 0 Å². The van der Waals surface area contributed by atoms with Crippen LogP contribution in [0, 0.1) is 11.6 Å². The average molecular weight is 317 g/mol. The maximum absolute atomic E-state index is 14.3. The molecule has 1 N–H and O–H groups in total. The Kier molecular flexibility index (Phi) is 4.39. The van der Waals surface area contributed by atoms with E-state index in [4.69, 9.17) is 0 Å². The Morgan fingerprint density at radius 2 is 1.95 bits per heavy atom. The lowest BCUT2D eigenvalue weighted by molar-refractivity contribution is 0.527. The van der Waals surface area contributed by atoms with Crippen molar-refractivity contribution in [1.29, 1.82) is 0 Å². The molecule has 2 rings (SSSR count). The van der Waals surface area contributed by atoms with Crippen LogP contribution in [0.5, 0.6) is 0 Å². The molecule has 1 heterocycles. The molecule has 0 saturated heterocycles. The Morgan fingerprint density at radius 1 is 1.30 bits per heavy atom. The van der Waals surface area contributed by atoms with Crippen LogP contribution in [0.25, 0.3) is 10.1 Å². The van der Waals surface area contributed by atoms with Crippen molar-refractivity contribution in [2.75, 3.05) is 0 Å². The number of hydrogen-bond acceptors (Lipinski definition) is 3. The van der Waals surface area contributed by atoms with Crippen molar-refractivity contribution >= 4 is 32.8 Å². The van der Waals surface area contributed by atoms with E-state index in [1.165, 1.54) is 29.5 Å². The highest BCUT2D eigenvalue weighted by molar-refractivity contribution is 7.90. The minimum Gasteiger partial charge on any atom is -0.598 e. The number of thiophene rings is 1. The van der Waals surface area contributed by atoms with E-state index in [0.717, 1.165) is 0 Å². The smallest absolute Gasteiger partial charge is 0.146 e. The minimum atomic E-state index is -1.29. The maximum Gasteiger partial charge on any atom is 0.146 e. The Labute approximate surface area is 124 Å². The number of rotatable bonds is 3. The Morgan fingerprint density at radius 3 is 2.55 bits per heavy atom. The van der Waals surface area contributed by atoms with E-state index in [-0.39, 0.29) is 11.6 Å². The predicted molar refractivity (Wildman–Crippen MR) is 81.2 cm³/mol. The largest absolute Gasteiger partial charge is 0.598 e. The summed E-state index contributed by atoms with van der Waals surface area (Å²) >= 11 is -0.0995. The molecule has 0 aliphatic rings. The molecule has 110 valence electrons. The average Bonchev–Trinajstić information content (AvgIpc) is 2.65. The minimum absolute atomic E-state index is 0.365. The lowest BCUT2D eigenvalue weighted by Crippen LogP contribution is -2.40. The zero-order valence-electron chi connectivity index (χ0n) is 11.8. The predicted octanol–water partition coefficient (Wildman–Crippen LogP) is 4.29. The summed E-state index contributed by atoms with van der Waals surface area (Å²) in [7, 11) is 0. The van der Waals surface area contributed by atoms with Crippen LogP contribution in [0.3, 0.4) is 0 Å². The standard InChI is InChI=1S/C14H17F2NOS2/c1-8(17-20(18)14(2,3)4)13-12(16)10-6-5-9(15)7-11(10)19-13/h5-8,17H,1-4H3/t8-,20+/m1/s1. The second-order valence-electron chi connectivity index (χ2n) is 5.64. The highest BCUT2D eigenvalue weighted by atomic mass is 32.2. The summed E-state index contributed by atoms with van der Waals surface area (Å²) in [5.41, 5.74) is 0. The topological polar surface area (TPSA) is 35.1 Å². The van der Waals surface area contributed by atoms with Crippen molar-refractivity contribution in [3.63, 3.8) is 0 Å². The lowest BCUT2D eigenvalue weighted by atomic mass is 10.2. The second kappa shape index (κ2) is 5.60. The van der Waals surface area contributed by atoms with Gasteiger partial charge in [-0.1, -0.05) is 0 Å². The quantitative estimate of drug-likeness (QED) is 0.857. The summed E-state index contributed by atoms with van der Waals surface area (Å²) < 4.78 is 42.6. The fourth-order valence-corrected chi connectivity index (χ4v) is 3.71. The van der Waals surface area contributed by atoms with Crippen LogP contribution in [0.15, 0.2) is 18.2 Å². The van der Waals surface area contributed by atoms with Crippen LogP contribution in [0.2, 0.25) is 0 Å². The molecule has 0 fully saturated rings. The first kappa shape index (κ1) is 15.7. The van der Waals surface area contributed by atoms with Crippen LogP contribution in [-0.4, -0.2) is 9.30 Å². The van der Waals surface area contributed by atoms with Crippen LogP contribution >= 0.6 is 11.3 Å². The van der Waals surface area contributed by atoms with E-state index in [0.29, 0.717) is 15.0 Å². The molecule has 0 bridgehead atoms. The van der Waals surface area contributed by atoms with Gasteiger partial charge in [-0.05, 0) is 45.9 Å². The molecule has 0 unspecified atom stereocenters. The first-order valence-electron chi connectivity index (χ1n) is 6.25. The fourth-order valence-electron chi connectivity index (χ4n) is 1.73. The van der Waals surface area contributed by atoms with Gasteiger partial charge < -0.3 is 4.55 Å². The van der Waals surface area contributed by atoms with Gasteiger partial charge in [0.2, 0.25) is 0 Å². The van der Waals surface area contributed by atoms with Gasteiger partial charge in [0.25, 0.3) is 0 Å². The van der Waals surface area contributed by atoms with Crippen molar-refractivity contribution < 1.29 is 13.3 Å². The molecular formula is C14H17F2NOS2. The van der Waals surface area contributed by atoms with Crippen LogP contribution in [0.1, 0.15) is 38.6 Å². The third-order valence-corrected chi connectivity index (χ3v) is 5.84. The third kappa shape index (κ3) is 3.14. The van der Waals surface area contributed by atoms with Gasteiger partial charge in [-0.15, -0.1) is 16.1 Å². The highest BCUT2D eigenvalue weighted by Crippen LogP contribution is 2.35. The van der Waals surface area contributed by atoms with Crippen LogP contribution < -0.4 is 4.72 Å². The van der Waals surface area contributed by atoms with Gasteiger partial charge in [0.1, 0.15) is 16.4 Å². The van der Waals surface area contributed by atoms with E-state index in [9.17, 15) is 13.3 Å². The first-order chi connectivity index (χ1) is 9.20. The van der Waals surface area contributed by atoms with Crippen molar-refractivity contribution in [3.8, 4) is 0 Å². The lowest BCUT2D eigenvalue weighted by Gasteiger charge is -2.26. The Hall–Kier alpha value is -0.690. The van der Waals surface area contributed by atoms with Crippen molar-refractivity contribution in [2.45, 2.75) is 38.5 Å². The molecule has 0 aliphatic heterocycles. The van der Waals surface area contributed by atoms with Crippen molar-refractivity contribution in [3.05, 3.63) is 34.7 Å². The zero-order chi connectivity index (χ0) is 15.1. The Bertz CT molecular complexity index is 621. The molecule has 1 aromatic heterocycles. The summed E-state index contributed by atoms with van der Waals surface area (Å²) in [6.45, 7) is 7.30.